The highest BCUT2D eigenvalue weighted by Crippen LogP contribution is 2.03. The molecule has 0 saturated carbocycles. The van der Waals surface area contributed by atoms with Crippen molar-refractivity contribution < 1.29 is 9.90 Å². The Bertz CT molecular complexity index is 213. The summed E-state index contributed by atoms with van der Waals surface area (Å²) in [6.45, 7) is 0.205. The van der Waals surface area contributed by atoms with E-state index in [1.165, 1.54) is 0 Å². The molecule has 0 amide bonds. The van der Waals surface area contributed by atoms with Gasteiger partial charge in [-0.1, -0.05) is 5.11 Å². The molecule has 0 heterocycles. The molecule has 7 nitrogen and oxygen atoms in total. The monoisotopic (exact) mass is 187 g/mol. The second kappa shape index (κ2) is 6.24. The van der Waals surface area contributed by atoms with Gasteiger partial charge < -0.3 is 16.6 Å². The zero-order chi connectivity index (χ0) is 10.3. The van der Waals surface area contributed by atoms with Gasteiger partial charge in [0.05, 0.1) is 0 Å². The van der Waals surface area contributed by atoms with Crippen LogP contribution >= 0.6 is 0 Å². The normalized spacial score (nSPS) is 14.3. The maximum Gasteiger partial charge on any atom is 0.320 e. The van der Waals surface area contributed by atoms with Gasteiger partial charge in [-0.3, -0.25) is 4.79 Å². The Kier molecular flexibility index (Phi) is 5.62. The first-order valence-electron chi connectivity index (χ1n) is 3.84. The van der Waals surface area contributed by atoms with E-state index in [2.05, 4.69) is 10.0 Å². The number of hydrogen-bond donors (Lipinski definition) is 3. The first kappa shape index (κ1) is 11.7. The third kappa shape index (κ3) is 5.02. The molecule has 1 unspecified atom stereocenters. The highest BCUT2D eigenvalue weighted by molar-refractivity contribution is 5.72. The predicted octanol–water partition coefficient (Wildman–Crippen LogP) is -0.184. The second-order valence-corrected chi connectivity index (χ2v) is 2.62. The van der Waals surface area contributed by atoms with Crippen molar-refractivity contribution in [2.75, 3.05) is 6.54 Å². The van der Waals surface area contributed by atoms with Gasteiger partial charge in [0, 0.05) is 17.5 Å². The number of azide groups is 1. The van der Waals surface area contributed by atoms with Crippen LogP contribution in [0.3, 0.4) is 0 Å². The molecule has 0 aliphatic rings. The largest absolute Gasteiger partial charge is 0.480 e. The Labute approximate surface area is 75.3 Å². The number of carbonyl (C=O) groups is 1. The molecule has 0 aliphatic heterocycles. The maximum absolute atomic E-state index is 10.3. The molecule has 0 aliphatic carbocycles. The van der Waals surface area contributed by atoms with Gasteiger partial charge >= 0.3 is 5.97 Å². The van der Waals surface area contributed by atoms with Gasteiger partial charge in [-0.2, -0.15) is 0 Å². The van der Waals surface area contributed by atoms with Crippen molar-refractivity contribution in [1.82, 2.24) is 0 Å². The van der Waals surface area contributed by atoms with Crippen LogP contribution in [0.4, 0.5) is 0 Å². The minimum atomic E-state index is -1.06. The lowest BCUT2D eigenvalue weighted by Gasteiger charge is -2.09. The summed E-state index contributed by atoms with van der Waals surface area (Å²) in [5.74, 6) is -1.06. The van der Waals surface area contributed by atoms with Crippen LogP contribution in [0.2, 0.25) is 0 Å². The molecule has 0 saturated heterocycles. The van der Waals surface area contributed by atoms with Gasteiger partial charge in [0.1, 0.15) is 6.04 Å². The van der Waals surface area contributed by atoms with Gasteiger partial charge in [0.15, 0.2) is 0 Å². The van der Waals surface area contributed by atoms with Crippen LogP contribution in [0.25, 0.3) is 10.4 Å². The van der Waals surface area contributed by atoms with E-state index in [0.717, 1.165) is 0 Å². The molecule has 5 N–H and O–H groups in total. The van der Waals surface area contributed by atoms with E-state index < -0.39 is 12.0 Å². The van der Waals surface area contributed by atoms with E-state index in [-0.39, 0.29) is 19.0 Å². The summed E-state index contributed by atoms with van der Waals surface area (Å²) in [7, 11) is 0. The van der Waals surface area contributed by atoms with E-state index in [1.807, 2.05) is 0 Å². The lowest BCUT2D eigenvalue weighted by Crippen LogP contribution is -2.31. The molecule has 0 radical (unpaired) electrons. The Hall–Kier alpha value is -1.30. The van der Waals surface area contributed by atoms with Crippen molar-refractivity contribution >= 4 is 5.97 Å². The quantitative estimate of drug-likeness (QED) is 0.301. The van der Waals surface area contributed by atoms with Gasteiger partial charge in [0.2, 0.25) is 0 Å². The summed E-state index contributed by atoms with van der Waals surface area (Å²) in [4.78, 5) is 12.9. The van der Waals surface area contributed by atoms with Gasteiger partial charge in [-0.25, -0.2) is 0 Å². The molecule has 0 aromatic carbocycles. The molecule has 74 valence electrons. The van der Waals surface area contributed by atoms with E-state index >= 15 is 0 Å². The number of rotatable bonds is 6. The van der Waals surface area contributed by atoms with Crippen molar-refractivity contribution in [1.29, 1.82) is 0 Å². The summed E-state index contributed by atoms with van der Waals surface area (Å²) in [6.07, 6.45) is 0.657. The molecular formula is C6H13N5O2. The summed E-state index contributed by atoms with van der Waals surface area (Å²) < 4.78 is 0. The van der Waals surface area contributed by atoms with Crippen LogP contribution in [0, 0.1) is 0 Å². The molecule has 0 fully saturated rings. The molecule has 7 heteroatoms. The standard InChI is InChI=1S/C6H13N5O2/c7-3-4(10-11-9)1-2-5(8)6(12)13/h4-5H,1-3,7-8H2,(H,12,13)/t4?,5-/m0/s1. The van der Waals surface area contributed by atoms with Crippen molar-refractivity contribution in [3.63, 3.8) is 0 Å². The summed E-state index contributed by atoms with van der Waals surface area (Å²) in [5, 5.41) is 11.8. The summed E-state index contributed by atoms with van der Waals surface area (Å²) >= 11 is 0. The van der Waals surface area contributed by atoms with E-state index in [1.54, 1.807) is 0 Å². The van der Waals surface area contributed by atoms with Gasteiger partial charge in [0.25, 0.3) is 0 Å². The maximum atomic E-state index is 10.3. The van der Waals surface area contributed by atoms with Crippen LogP contribution in [0.5, 0.6) is 0 Å². The molecule has 13 heavy (non-hydrogen) atoms. The molecule has 0 aromatic rings. The fourth-order valence-corrected chi connectivity index (χ4v) is 0.791. The number of carboxylic acid groups (broad SMARTS) is 1. The SMILES string of the molecule is [N-]=[N+]=NC(CN)CC[C@H](N)C(=O)O. The Morgan fingerprint density at radius 1 is 1.62 bits per heavy atom. The molecular weight excluding hydrogens is 174 g/mol. The molecule has 2 atom stereocenters. The second-order valence-electron chi connectivity index (χ2n) is 2.62. The first-order chi connectivity index (χ1) is 6.11. The average Bonchev–Trinajstić information content (AvgIpc) is 2.11. The Morgan fingerprint density at radius 2 is 2.23 bits per heavy atom. The van der Waals surface area contributed by atoms with E-state index in [9.17, 15) is 4.79 Å². The summed E-state index contributed by atoms with van der Waals surface area (Å²) in [6, 6.07) is -1.28. The van der Waals surface area contributed by atoms with Crippen LogP contribution < -0.4 is 11.5 Å². The van der Waals surface area contributed by atoms with Crippen LogP contribution in [-0.2, 0) is 4.79 Å². The van der Waals surface area contributed by atoms with Crippen LogP contribution in [-0.4, -0.2) is 29.7 Å². The predicted molar refractivity (Wildman–Crippen MR) is 46.8 cm³/mol. The minimum Gasteiger partial charge on any atom is -0.480 e. The minimum absolute atomic E-state index is 0.205. The lowest BCUT2D eigenvalue weighted by atomic mass is 10.1. The fourth-order valence-electron chi connectivity index (χ4n) is 0.791. The van der Waals surface area contributed by atoms with Gasteiger partial charge in [-0.15, -0.1) is 0 Å². The van der Waals surface area contributed by atoms with Crippen molar-refractivity contribution in [3.8, 4) is 0 Å². The molecule has 0 bridgehead atoms. The molecule has 0 spiro atoms. The highest BCUT2D eigenvalue weighted by Gasteiger charge is 2.13. The number of aliphatic carboxylic acids is 1. The average molecular weight is 187 g/mol. The van der Waals surface area contributed by atoms with Crippen LogP contribution in [0.15, 0.2) is 5.11 Å². The number of nitrogens with two attached hydrogens (primary N) is 2. The smallest absolute Gasteiger partial charge is 0.320 e. The van der Waals surface area contributed by atoms with E-state index in [4.69, 9.17) is 22.1 Å². The zero-order valence-corrected chi connectivity index (χ0v) is 7.13. The summed E-state index contributed by atoms with van der Waals surface area (Å²) in [5.41, 5.74) is 18.6. The van der Waals surface area contributed by atoms with Crippen LogP contribution in [0.1, 0.15) is 12.8 Å². The van der Waals surface area contributed by atoms with Gasteiger partial charge in [-0.05, 0) is 18.4 Å². The van der Waals surface area contributed by atoms with E-state index in [0.29, 0.717) is 6.42 Å². The van der Waals surface area contributed by atoms with Crippen molar-refractivity contribution in [3.05, 3.63) is 10.4 Å². The third-order valence-corrected chi connectivity index (χ3v) is 1.62. The number of nitrogens with zero attached hydrogens (tertiary/aromatic N) is 3. The molecule has 0 rings (SSSR count). The highest BCUT2D eigenvalue weighted by atomic mass is 16.4. The lowest BCUT2D eigenvalue weighted by molar-refractivity contribution is -0.138. The number of carboxylic acids is 1. The Morgan fingerprint density at radius 3 is 2.62 bits per heavy atom. The molecule has 0 aromatic heterocycles. The first-order valence-corrected chi connectivity index (χ1v) is 3.84. The zero-order valence-electron chi connectivity index (χ0n) is 7.13. The third-order valence-electron chi connectivity index (χ3n) is 1.62. The number of hydrogen-bond acceptors (Lipinski definition) is 4. The van der Waals surface area contributed by atoms with Crippen molar-refractivity contribution in [2.24, 2.45) is 16.6 Å². The Balaban J connectivity index is 3.84. The topological polar surface area (TPSA) is 138 Å². The fraction of sp³-hybridized carbons (Fsp3) is 0.833. The van der Waals surface area contributed by atoms with Crippen molar-refractivity contribution in [2.45, 2.75) is 24.9 Å².